The second-order valence-electron chi connectivity index (χ2n) is 6.84. The van der Waals surface area contributed by atoms with Crippen LogP contribution in [-0.2, 0) is 23.1 Å². The van der Waals surface area contributed by atoms with E-state index in [1.54, 1.807) is 56.4 Å². The van der Waals surface area contributed by atoms with Gasteiger partial charge in [-0.1, -0.05) is 18.2 Å². The van der Waals surface area contributed by atoms with Crippen LogP contribution in [0.4, 0.5) is 0 Å². The number of furan rings is 1. The zero-order chi connectivity index (χ0) is 22.4. The molecule has 8 nitrogen and oxygen atoms in total. The monoisotopic (exact) mass is 441 g/mol. The predicted octanol–water partition coefficient (Wildman–Crippen LogP) is 2.36. The van der Waals surface area contributed by atoms with Crippen molar-refractivity contribution < 1.29 is 22.4 Å². The summed E-state index contributed by atoms with van der Waals surface area (Å²) in [4.78, 5) is 24.5. The van der Waals surface area contributed by atoms with Crippen molar-refractivity contribution in [2.45, 2.75) is 24.9 Å². The fourth-order valence-corrected chi connectivity index (χ4v) is 3.94. The lowest BCUT2D eigenvalue weighted by atomic mass is 10.1. The van der Waals surface area contributed by atoms with Crippen LogP contribution in [0.15, 0.2) is 70.2 Å². The number of carbonyl (C=O) groups is 2. The lowest BCUT2D eigenvalue weighted by molar-refractivity contribution is 0.0948. The average molecular weight is 442 g/mol. The highest BCUT2D eigenvalue weighted by atomic mass is 32.2. The number of hydrogen-bond donors (Lipinski definition) is 3. The van der Waals surface area contributed by atoms with E-state index in [0.29, 0.717) is 16.9 Å². The molecule has 0 fully saturated rings. The zero-order valence-corrected chi connectivity index (χ0v) is 18.0. The molecule has 3 aromatic rings. The largest absolute Gasteiger partial charge is 0.468 e. The molecule has 0 spiro atoms. The van der Waals surface area contributed by atoms with Gasteiger partial charge in [-0.05, 0) is 54.4 Å². The highest BCUT2D eigenvalue weighted by molar-refractivity contribution is 7.89. The van der Waals surface area contributed by atoms with Crippen LogP contribution in [0.3, 0.4) is 0 Å². The maximum Gasteiger partial charge on any atom is 0.251 e. The van der Waals surface area contributed by atoms with E-state index in [1.165, 1.54) is 18.4 Å². The van der Waals surface area contributed by atoms with Gasteiger partial charge >= 0.3 is 0 Å². The van der Waals surface area contributed by atoms with Crippen molar-refractivity contribution in [2.75, 3.05) is 7.05 Å². The van der Waals surface area contributed by atoms with E-state index in [2.05, 4.69) is 15.4 Å². The minimum absolute atomic E-state index is 0.00637. The Balaban J connectivity index is 1.72. The summed E-state index contributed by atoms with van der Waals surface area (Å²) in [6.45, 7) is 1.93. The van der Waals surface area contributed by atoms with Gasteiger partial charge in [0.05, 0.1) is 17.7 Å². The highest BCUT2D eigenvalue weighted by Gasteiger charge is 2.18. The van der Waals surface area contributed by atoms with Crippen LogP contribution in [0.1, 0.15) is 37.6 Å². The van der Waals surface area contributed by atoms with Gasteiger partial charge in [0.2, 0.25) is 10.0 Å². The van der Waals surface area contributed by atoms with Crippen LogP contribution >= 0.6 is 0 Å². The molecule has 162 valence electrons. The molecule has 0 atom stereocenters. The van der Waals surface area contributed by atoms with Gasteiger partial charge in [0.25, 0.3) is 11.8 Å². The molecule has 3 N–H and O–H groups in total. The predicted molar refractivity (Wildman–Crippen MR) is 115 cm³/mol. The topological polar surface area (TPSA) is 118 Å². The Morgan fingerprint density at radius 3 is 2.48 bits per heavy atom. The van der Waals surface area contributed by atoms with Crippen molar-refractivity contribution in [1.82, 2.24) is 15.4 Å². The first-order valence-corrected chi connectivity index (χ1v) is 11.0. The summed E-state index contributed by atoms with van der Waals surface area (Å²) in [6, 6.07) is 14.6. The molecule has 0 aliphatic carbocycles. The van der Waals surface area contributed by atoms with Crippen LogP contribution in [0.5, 0.6) is 0 Å². The fraction of sp³-hybridized carbons (Fsp3) is 0.182. The molecule has 1 aromatic heterocycles. The van der Waals surface area contributed by atoms with E-state index in [0.717, 1.165) is 5.56 Å². The Morgan fingerprint density at radius 2 is 1.77 bits per heavy atom. The summed E-state index contributed by atoms with van der Waals surface area (Å²) in [5.74, 6) is -0.150. The average Bonchev–Trinajstić information content (AvgIpc) is 3.30. The quantitative estimate of drug-likeness (QED) is 0.496. The zero-order valence-electron chi connectivity index (χ0n) is 17.1. The third-order valence-corrected chi connectivity index (χ3v) is 6.05. The molecular formula is C22H23N3O5S. The number of aryl methyl sites for hydroxylation is 1. The molecule has 1 heterocycles. The Bertz CT molecular complexity index is 1190. The second-order valence-corrected chi connectivity index (χ2v) is 8.61. The fourth-order valence-electron chi connectivity index (χ4n) is 2.92. The Morgan fingerprint density at radius 1 is 0.968 bits per heavy atom. The summed E-state index contributed by atoms with van der Waals surface area (Å²) in [5, 5.41) is 5.32. The number of rotatable bonds is 8. The first-order chi connectivity index (χ1) is 14.8. The number of benzene rings is 2. The van der Waals surface area contributed by atoms with Gasteiger partial charge in [0, 0.05) is 24.7 Å². The van der Waals surface area contributed by atoms with Crippen molar-refractivity contribution >= 4 is 21.8 Å². The minimum Gasteiger partial charge on any atom is -0.468 e. The molecule has 0 saturated carbocycles. The van der Waals surface area contributed by atoms with Crippen molar-refractivity contribution in [3.05, 3.63) is 88.9 Å². The van der Waals surface area contributed by atoms with Gasteiger partial charge in [-0.25, -0.2) is 13.1 Å². The van der Waals surface area contributed by atoms with Crippen LogP contribution in [-0.4, -0.2) is 27.3 Å². The first-order valence-electron chi connectivity index (χ1n) is 9.52. The van der Waals surface area contributed by atoms with Crippen molar-refractivity contribution in [1.29, 1.82) is 0 Å². The molecule has 31 heavy (non-hydrogen) atoms. The number of amides is 2. The van der Waals surface area contributed by atoms with Crippen molar-refractivity contribution in [3.63, 3.8) is 0 Å². The third kappa shape index (κ3) is 5.59. The van der Waals surface area contributed by atoms with Crippen molar-refractivity contribution in [2.24, 2.45) is 0 Å². The van der Waals surface area contributed by atoms with Crippen LogP contribution in [0.2, 0.25) is 0 Å². The lowest BCUT2D eigenvalue weighted by Crippen LogP contribution is -2.26. The van der Waals surface area contributed by atoms with Gasteiger partial charge in [-0.15, -0.1) is 0 Å². The van der Waals surface area contributed by atoms with E-state index < -0.39 is 15.9 Å². The molecule has 0 aliphatic rings. The third-order valence-electron chi connectivity index (χ3n) is 4.65. The van der Waals surface area contributed by atoms with Gasteiger partial charge in [0.15, 0.2) is 0 Å². The first kappa shape index (κ1) is 22.3. The normalized spacial score (nSPS) is 11.2. The standard InChI is InChI=1S/C22H23N3O5S/c1-15-8-9-19(31(28,29)25-14-18-7-4-10-30-18)12-20(15)22(27)24-13-16-5-3-6-17(11-16)21(26)23-2/h3-12,25H,13-14H2,1-2H3,(H,23,26)(H,24,27). The SMILES string of the molecule is CNC(=O)c1cccc(CNC(=O)c2cc(S(=O)(=O)NCc3ccco3)ccc2C)c1. The number of nitrogens with one attached hydrogen (secondary N) is 3. The molecule has 0 aliphatic heterocycles. The molecular weight excluding hydrogens is 418 g/mol. The molecule has 3 rings (SSSR count). The molecule has 0 saturated heterocycles. The lowest BCUT2D eigenvalue weighted by Gasteiger charge is -2.11. The number of carbonyl (C=O) groups excluding carboxylic acids is 2. The molecule has 2 amide bonds. The highest BCUT2D eigenvalue weighted by Crippen LogP contribution is 2.17. The minimum atomic E-state index is -3.83. The molecule has 0 unspecified atom stereocenters. The summed E-state index contributed by atoms with van der Waals surface area (Å²) in [5.41, 5.74) is 2.13. The van der Waals surface area contributed by atoms with Crippen molar-refractivity contribution in [3.8, 4) is 0 Å². The summed E-state index contributed by atoms with van der Waals surface area (Å²) in [7, 11) is -2.28. The number of hydrogen-bond acceptors (Lipinski definition) is 5. The summed E-state index contributed by atoms with van der Waals surface area (Å²) < 4.78 is 32.8. The van der Waals surface area contributed by atoms with Gasteiger partial charge in [-0.3, -0.25) is 9.59 Å². The molecule has 9 heteroatoms. The maximum atomic E-state index is 12.7. The smallest absolute Gasteiger partial charge is 0.251 e. The number of sulfonamides is 1. The van der Waals surface area contributed by atoms with E-state index in [1.807, 2.05) is 0 Å². The Hall–Kier alpha value is -3.43. The summed E-state index contributed by atoms with van der Waals surface area (Å²) >= 11 is 0. The summed E-state index contributed by atoms with van der Waals surface area (Å²) in [6.07, 6.45) is 1.46. The van der Waals surface area contributed by atoms with E-state index in [9.17, 15) is 18.0 Å². The molecule has 0 bridgehead atoms. The van der Waals surface area contributed by atoms with E-state index >= 15 is 0 Å². The van der Waals surface area contributed by atoms with Gasteiger partial charge in [0.1, 0.15) is 5.76 Å². The Kier molecular flexibility index (Phi) is 6.88. The van der Waals surface area contributed by atoms with Crippen LogP contribution < -0.4 is 15.4 Å². The van der Waals surface area contributed by atoms with Crippen LogP contribution in [0, 0.1) is 6.92 Å². The maximum absolute atomic E-state index is 12.7. The van der Waals surface area contributed by atoms with Gasteiger partial charge < -0.3 is 15.1 Å². The van der Waals surface area contributed by atoms with Gasteiger partial charge in [-0.2, -0.15) is 0 Å². The molecule has 0 radical (unpaired) electrons. The Labute approximate surface area is 180 Å². The molecule has 2 aromatic carbocycles. The van der Waals surface area contributed by atoms with E-state index in [4.69, 9.17) is 4.42 Å². The van der Waals surface area contributed by atoms with E-state index in [-0.39, 0.29) is 29.5 Å². The van der Waals surface area contributed by atoms with Crippen LogP contribution in [0.25, 0.3) is 0 Å². The second kappa shape index (κ2) is 9.59.